The zero-order valence-electron chi connectivity index (χ0n) is 8.64. The van der Waals surface area contributed by atoms with Crippen molar-refractivity contribution in [3.8, 4) is 0 Å². The fourth-order valence-electron chi connectivity index (χ4n) is 2.46. The molecule has 4 atom stereocenters. The monoisotopic (exact) mass is 209 g/mol. The lowest BCUT2D eigenvalue weighted by molar-refractivity contribution is -0.142. The smallest absolute Gasteiger partial charge is 0.325 e. The van der Waals surface area contributed by atoms with Gasteiger partial charge in [0.25, 0.3) is 0 Å². The summed E-state index contributed by atoms with van der Waals surface area (Å²) >= 11 is 0. The molecule has 0 spiro atoms. The van der Waals surface area contributed by atoms with Crippen LogP contribution in [0.4, 0.5) is 0 Å². The molecule has 4 nitrogen and oxygen atoms in total. The van der Waals surface area contributed by atoms with Gasteiger partial charge in [0.05, 0.1) is 0 Å². The Hall–Kier alpha value is -1.32. The molecule has 1 fully saturated rings. The van der Waals surface area contributed by atoms with Crippen LogP contribution in [0.25, 0.3) is 0 Å². The van der Waals surface area contributed by atoms with E-state index in [0.29, 0.717) is 11.8 Å². The molecule has 82 valence electrons. The number of carboxylic acid groups (broad SMARTS) is 1. The summed E-state index contributed by atoms with van der Waals surface area (Å²) in [5, 5.41) is 11.2. The number of carbonyl (C=O) groups is 2. The summed E-state index contributed by atoms with van der Waals surface area (Å²) in [4.78, 5) is 22.3. The molecule has 15 heavy (non-hydrogen) atoms. The number of fused-ring (bicyclic) bond motifs is 2. The van der Waals surface area contributed by atoms with Crippen LogP contribution < -0.4 is 5.32 Å². The Labute approximate surface area is 88.4 Å². The average molecular weight is 209 g/mol. The van der Waals surface area contributed by atoms with Crippen LogP contribution >= 0.6 is 0 Å². The highest BCUT2D eigenvalue weighted by atomic mass is 16.4. The second-order valence-electron chi connectivity index (χ2n) is 4.46. The van der Waals surface area contributed by atoms with Crippen LogP contribution in [-0.2, 0) is 9.59 Å². The van der Waals surface area contributed by atoms with Gasteiger partial charge in [-0.05, 0) is 31.6 Å². The Morgan fingerprint density at radius 2 is 2.13 bits per heavy atom. The van der Waals surface area contributed by atoms with Gasteiger partial charge in [-0.25, -0.2) is 0 Å². The molecule has 0 aromatic heterocycles. The minimum Gasteiger partial charge on any atom is -0.480 e. The predicted molar refractivity (Wildman–Crippen MR) is 54.1 cm³/mol. The second kappa shape index (κ2) is 3.68. The molecular formula is C11H15NO3. The average Bonchev–Trinajstić information content (AvgIpc) is 2.78. The molecule has 4 heteroatoms. The molecule has 3 unspecified atom stereocenters. The van der Waals surface area contributed by atoms with E-state index in [2.05, 4.69) is 17.5 Å². The first-order valence-corrected chi connectivity index (χ1v) is 5.29. The number of nitrogens with one attached hydrogen (secondary N) is 1. The van der Waals surface area contributed by atoms with Gasteiger partial charge in [0.2, 0.25) is 5.91 Å². The van der Waals surface area contributed by atoms with Gasteiger partial charge >= 0.3 is 5.97 Å². The number of carboxylic acids is 1. The van der Waals surface area contributed by atoms with E-state index in [0.717, 1.165) is 12.8 Å². The molecule has 0 aromatic rings. The summed E-state index contributed by atoms with van der Waals surface area (Å²) in [6, 6.07) is -0.791. The highest BCUT2D eigenvalue weighted by Gasteiger charge is 2.40. The molecule has 2 aliphatic carbocycles. The van der Waals surface area contributed by atoms with Gasteiger partial charge in [-0.15, -0.1) is 0 Å². The maximum atomic E-state index is 11.7. The van der Waals surface area contributed by atoms with Gasteiger partial charge < -0.3 is 10.4 Å². The molecule has 2 rings (SSSR count). The van der Waals surface area contributed by atoms with E-state index in [1.54, 1.807) is 0 Å². The number of hydrogen-bond acceptors (Lipinski definition) is 2. The lowest BCUT2D eigenvalue weighted by atomic mass is 9.92. The summed E-state index contributed by atoms with van der Waals surface area (Å²) in [6.45, 7) is 1.49. The van der Waals surface area contributed by atoms with E-state index < -0.39 is 12.0 Å². The summed E-state index contributed by atoms with van der Waals surface area (Å²) in [6.07, 6.45) is 6.18. The van der Waals surface area contributed by atoms with Crippen LogP contribution in [0.2, 0.25) is 0 Å². The van der Waals surface area contributed by atoms with Crippen molar-refractivity contribution in [3.05, 3.63) is 12.2 Å². The highest BCUT2D eigenvalue weighted by Crippen LogP contribution is 2.43. The molecule has 0 aromatic carbocycles. The van der Waals surface area contributed by atoms with Crippen LogP contribution in [0.15, 0.2) is 12.2 Å². The van der Waals surface area contributed by atoms with Gasteiger partial charge in [-0.1, -0.05) is 12.2 Å². The van der Waals surface area contributed by atoms with Gasteiger partial charge in [-0.2, -0.15) is 0 Å². The summed E-state index contributed by atoms with van der Waals surface area (Å²) in [5.41, 5.74) is 0. The summed E-state index contributed by atoms with van der Waals surface area (Å²) in [7, 11) is 0. The van der Waals surface area contributed by atoms with E-state index >= 15 is 0 Å². The minimum absolute atomic E-state index is 0.0122. The minimum atomic E-state index is -0.984. The van der Waals surface area contributed by atoms with E-state index in [4.69, 9.17) is 5.11 Å². The Morgan fingerprint density at radius 3 is 2.60 bits per heavy atom. The molecule has 0 heterocycles. The predicted octanol–water partition coefficient (Wildman–Crippen LogP) is 0.788. The molecular weight excluding hydrogens is 194 g/mol. The van der Waals surface area contributed by atoms with Crippen LogP contribution in [-0.4, -0.2) is 23.0 Å². The van der Waals surface area contributed by atoms with Gasteiger partial charge in [0.15, 0.2) is 0 Å². The number of aliphatic carboxylic acids is 1. The highest BCUT2D eigenvalue weighted by molar-refractivity contribution is 5.85. The van der Waals surface area contributed by atoms with Crippen molar-refractivity contribution >= 4 is 11.9 Å². The molecule has 2 bridgehead atoms. The summed E-state index contributed by atoms with van der Waals surface area (Å²) < 4.78 is 0. The molecule has 0 radical (unpaired) electrons. The molecule has 1 amide bonds. The van der Waals surface area contributed by atoms with Crippen molar-refractivity contribution in [2.45, 2.75) is 25.8 Å². The Kier molecular flexibility index (Phi) is 2.50. The number of hydrogen-bond donors (Lipinski definition) is 2. The van der Waals surface area contributed by atoms with Crippen LogP contribution in [0.5, 0.6) is 0 Å². The molecule has 0 saturated heterocycles. The van der Waals surface area contributed by atoms with Crippen LogP contribution in [0.3, 0.4) is 0 Å². The fourth-order valence-corrected chi connectivity index (χ4v) is 2.46. The van der Waals surface area contributed by atoms with E-state index in [1.165, 1.54) is 6.92 Å². The van der Waals surface area contributed by atoms with E-state index in [9.17, 15) is 9.59 Å². The first-order valence-electron chi connectivity index (χ1n) is 5.29. The molecule has 2 N–H and O–H groups in total. The Balaban J connectivity index is 1.92. The number of amides is 1. The van der Waals surface area contributed by atoms with E-state index in [-0.39, 0.29) is 11.8 Å². The van der Waals surface area contributed by atoms with E-state index in [1.807, 2.05) is 0 Å². The van der Waals surface area contributed by atoms with Gasteiger partial charge in [0, 0.05) is 5.92 Å². The SMILES string of the molecule is C[C@H](NC(=O)C1CC2C=CC1C2)C(=O)O. The Bertz CT molecular complexity index is 324. The lowest BCUT2D eigenvalue weighted by Gasteiger charge is -2.19. The fraction of sp³-hybridized carbons (Fsp3) is 0.636. The van der Waals surface area contributed by atoms with Crippen LogP contribution in [0, 0.1) is 17.8 Å². The maximum absolute atomic E-state index is 11.7. The van der Waals surface area contributed by atoms with Gasteiger partial charge in [-0.3, -0.25) is 9.59 Å². The third kappa shape index (κ3) is 1.89. The van der Waals surface area contributed by atoms with Crippen molar-refractivity contribution in [2.75, 3.05) is 0 Å². The van der Waals surface area contributed by atoms with Crippen molar-refractivity contribution < 1.29 is 14.7 Å². The lowest BCUT2D eigenvalue weighted by Crippen LogP contribution is -2.42. The third-order valence-electron chi connectivity index (χ3n) is 3.34. The first-order chi connectivity index (χ1) is 7.08. The van der Waals surface area contributed by atoms with Gasteiger partial charge in [0.1, 0.15) is 6.04 Å². The van der Waals surface area contributed by atoms with Crippen molar-refractivity contribution in [2.24, 2.45) is 17.8 Å². The Morgan fingerprint density at radius 1 is 1.40 bits per heavy atom. The van der Waals surface area contributed by atoms with Crippen molar-refractivity contribution in [3.63, 3.8) is 0 Å². The third-order valence-corrected chi connectivity index (χ3v) is 3.34. The quantitative estimate of drug-likeness (QED) is 0.675. The van der Waals surface area contributed by atoms with Crippen molar-refractivity contribution in [1.82, 2.24) is 5.32 Å². The normalized spacial score (nSPS) is 34.1. The number of carbonyl (C=O) groups excluding carboxylic acids is 1. The number of allylic oxidation sites excluding steroid dienone is 2. The zero-order valence-corrected chi connectivity index (χ0v) is 8.64. The first kappa shape index (κ1) is 10.2. The summed E-state index contributed by atoms with van der Waals surface area (Å²) in [5.74, 6) is -0.243. The van der Waals surface area contributed by atoms with Crippen molar-refractivity contribution in [1.29, 1.82) is 0 Å². The van der Waals surface area contributed by atoms with Crippen LogP contribution in [0.1, 0.15) is 19.8 Å². The molecule has 2 aliphatic rings. The maximum Gasteiger partial charge on any atom is 0.325 e. The second-order valence-corrected chi connectivity index (χ2v) is 4.46. The number of rotatable bonds is 3. The standard InChI is InChI=1S/C11H15NO3/c1-6(11(14)15)12-10(13)9-5-7-2-3-8(9)4-7/h2-3,6-9H,4-5H2,1H3,(H,12,13)(H,14,15)/t6-,7?,8?,9?/m0/s1. The zero-order chi connectivity index (χ0) is 11.0. The largest absolute Gasteiger partial charge is 0.480 e. The topological polar surface area (TPSA) is 66.4 Å². The molecule has 1 saturated carbocycles. The molecule has 0 aliphatic heterocycles.